The molecule has 0 saturated carbocycles. The van der Waals surface area contributed by atoms with Crippen LogP contribution in [0.15, 0.2) is 47.5 Å². The summed E-state index contributed by atoms with van der Waals surface area (Å²) in [5, 5.41) is 2.79. The lowest BCUT2D eigenvalue weighted by atomic mass is 10.2. The van der Waals surface area contributed by atoms with Gasteiger partial charge in [-0.25, -0.2) is 0 Å². The van der Waals surface area contributed by atoms with Crippen molar-refractivity contribution >= 4 is 44.7 Å². The molecule has 31 heavy (non-hydrogen) atoms. The first-order valence-corrected chi connectivity index (χ1v) is 11.1. The second-order valence-electron chi connectivity index (χ2n) is 7.03. The molecule has 8 heteroatoms. The van der Waals surface area contributed by atoms with Gasteiger partial charge in [0.05, 0.1) is 16.8 Å². The molecule has 0 bridgehead atoms. The Morgan fingerprint density at radius 1 is 1.13 bits per heavy atom. The molecule has 2 aromatic carbocycles. The van der Waals surface area contributed by atoms with E-state index < -0.39 is 0 Å². The summed E-state index contributed by atoms with van der Waals surface area (Å²) in [6, 6.07) is 13.2. The van der Waals surface area contributed by atoms with Crippen LogP contribution in [-0.4, -0.2) is 43.2 Å². The van der Waals surface area contributed by atoms with Crippen LogP contribution in [0.2, 0.25) is 0 Å². The lowest BCUT2D eigenvalue weighted by Crippen LogP contribution is -2.21. The number of carbonyl (C=O) groups excluding carboxylic acids is 2. The number of fused-ring (bicyclic) bond motifs is 1. The van der Waals surface area contributed by atoms with Gasteiger partial charge >= 0.3 is 0 Å². The van der Waals surface area contributed by atoms with E-state index in [1.165, 1.54) is 18.3 Å². The van der Waals surface area contributed by atoms with Crippen LogP contribution in [0, 0.1) is 0 Å². The van der Waals surface area contributed by atoms with Crippen LogP contribution in [0.5, 0.6) is 0 Å². The number of nitrogens with zero attached hydrogens (tertiary/aromatic N) is 3. The summed E-state index contributed by atoms with van der Waals surface area (Å²) in [7, 11) is 1.64. The average Bonchev–Trinajstić information content (AvgIpc) is 3.09. The summed E-state index contributed by atoms with van der Waals surface area (Å²) in [5.74, 6) is -0.415. The van der Waals surface area contributed by atoms with Crippen molar-refractivity contribution in [2.24, 2.45) is 4.99 Å². The van der Waals surface area contributed by atoms with Crippen molar-refractivity contribution in [3.8, 4) is 0 Å². The molecule has 2 amide bonds. The van der Waals surface area contributed by atoms with Crippen LogP contribution in [0.3, 0.4) is 0 Å². The van der Waals surface area contributed by atoms with Gasteiger partial charge in [-0.15, -0.1) is 0 Å². The highest BCUT2D eigenvalue weighted by Gasteiger charge is 2.11. The van der Waals surface area contributed by atoms with E-state index in [1.54, 1.807) is 7.11 Å². The lowest BCUT2D eigenvalue weighted by Gasteiger charge is -2.20. The average molecular weight is 441 g/mol. The molecule has 0 aliphatic heterocycles. The summed E-state index contributed by atoms with van der Waals surface area (Å²) in [4.78, 5) is 31.5. The molecule has 0 radical (unpaired) electrons. The fourth-order valence-corrected chi connectivity index (χ4v) is 4.49. The number of hydrogen-bond donors (Lipinski definition) is 1. The molecule has 0 aliphatic carbocycles. The maximum Gasteiger partial charge on any atom is 0.279 e. The van der Waals surface area contributed by atoms with Gasteiger partial charge in [-0.1, -0.05) is 11.3 Å². The molecular formula is C23H28N4O3S. The maximum absolute atomic E-state index is 12.9. The Morgan fingerprint density at radius 2 is 1.84 bits per heavy atom. The molecule has 0 spiro atoms. The van der Waals surface area contributed by atoms with E-state index in [4.69, 9.17) is 4.74 Å². The number of hydrogen-bond acceptors (Lipinski definition) is 5. The molecule has 1 N–H and O–H groups in total. The Balaban J connectivity index is 1.98. The molecule has 1 heterocycles. The van der Waals surface area contributed by atoms with Gasteiger partial charge in [0.2, 0.25) is 5.91 Å². The molecule has 3 aromatic rings. The van der Waals surface area contributed by atoms with Gasteiger partial charge in [0.25, 0.3) is 5.91 Å². The zero-order chi connectivity index (χ0) is 22.4. The van der Waals surface area contributed by atoms with E-state index in [0.29, 0.717) is 29.2 Å². The van der Waals surface area contributed by atoms with Crippen molar-refractivity contribution in [3.63, 3.8) is 0 Å². The number of benzene rings is 2. The molecule has 0 aliphatic rings. The smallest absolute Gasteiger partial charge is 0.279 e. The van der Waals surface area contributed by atoms with Crippen molar-refractivity contribution in [1.29, 1.82) is 0 Å². The number of amides is 2. The quantitative estimate of drug-likeness (QED) is 0.577. The summed E-state index contributed by atoms with van der Waals surface area (Å²) >= 11 is 1.41. The van der Waals surface area contributed by atoms with Crippen LogP contribution < -0.4 is 15.0 Å². The largest absolute Gasteiger partial charge is 0.383 e. The Bertz CT molecular complexity index is 1130. The van der Waals surface area contributed by atoms with Gasteiger partial charge in [-0.05, 0) is 56.3 Å². The zero-order valence-corrected chi connectivity index (χ0v) is 19.2. The number of thiazole rings is 1. The van der Waals surface area contributed by atoms with Crippen LogP contribution in [0.4, 0.5) is 11.4 Å². The fraction of sp³-hybridized carbons (Fsp3) is 0.348. The number of anilines is 2. The van der Waals surface area contributed by atoms with Crippen molar-refractivity contribution in [1.82, 2.24) is 4.57 Å². The fourth-order valence-electron chi connectivity index (χ4n) is 3.39. The number of aromatic nitrogens is 1. The van der Waals surface area contributed by atoms with Crippen LogP contribution in [0.1, 0.15) is 31.1 Å². The molecular weight excluding hydrogens is 412 g/mol. The van der Waals surface area contributed by atoms with E-state index in [-0.39, 0.29) is 11.8 Å². The van der Waals surface area contributed by atoms with Crippen molar-refractivity contribution in [3.05, 3.63) is 52.8 Å². The van der Waals surface area contributed by atoms with E-state index in [1.807, 2.05) is 47.0 Å². The number of methoxy groups -OCH3 is 1. The minimum absolute atomic E-state index is 0.128. The van der Waals surface area contributed by atoms with Crippen molar-refractivity contribution in [2.75, 3.05) is 37.0 Å². The third-order valence-electron chi connectivity index (χ3n) is 4.96. The predicted molar refractivity (Wildman–Crippen MR) is 126 cm³/mol. The van der Waals surface area contributed by atoms with E-state index >= 15 is 0 Å². The van der Waals surface area contributed by atoms with Crippen molar-refractivity contribution in [2.45, 2.75) is 27.3 Å². The summed E-state index contributed by atoms with van der Waals surface area (Å²) in [6.45, 7) is 8.58. The van der Waals surface area contributed by atoms with Gasteiger partial charge in [-0.3, -0.25) is 9.59 Å². The Labute approximate surface area is 186 Å². The predicted octanol–water partition coefficient (Wildman–Crippen LogP) is 3.89. The second kappa shape index (κ2) is 10.4. The molecule has 7 nitrogen and oxygen atoms in total. The van der Waals surface area contributed by atoms with E-state index in [0.717, 1.165) is 29.0 Å². The number of nitrogens with one attached hydrogen (secondary N) is 1. The first-order valence-electron chi connectivity index (χ1n) is 10.3. The highest BCUT2D eigenvalue weighted by Crippen LogP contribution is 2.22. The van der Waals surface area contributed by atoms with Crippen molar-refractivity contribution < 1.29 is 14.3 Å². The Kier molecular flexibility index (Phi) is 7.59. The van der Waals surface area contributed by atoms with Gasteiger partial charge in [0.1, 0.15) is 0 Å². The minimum Gasteiger partial charge on any atom is -0.383 e. The van der Waals surface area contributed by atoms with Crippen LogP contribution in [-0.2, 0) is 16.1 Å². The SMILES string of the molecule is CCN(CC)c1ccc(C(=O)N=c2sc3cc(NC(C)=O)ccc3n2CCOC)cc1. The van der Waals surface area contributed by atoms with E-state index in [2.05, 4.69) is 29.1 Å². The lowest BCUT2D eigenvalue weighted by molar-refractivity contribution is -0.114. The Hall–Kier alpha value is -2.97. The Morgan fingerprint density at radius 3 is 2.45 bits per heavy atom. The molecule has 0 atom stereocenters. The summed E-state index contributed by atoms with van der Waals surface area (Å²) in [6.07, 6.45) is 0. The molecule has 0 unspecified atom stereocenters. The molecule has 164 valence electrons. The summed E-state index contributed by atoms with van der Waals surface area (Å²) in [5.41, 5.74) is 3.29. The number of ether oxygens (including phenoxy) is 1. The minimum atomic E-state index is -0.286. The molecule has 1 aromatic heterocycles. The molecule has 0 saturated heterocycles. The second-order valence-corrected chi connectivity index (χ2v) is 8.04. The first-order chi connectivity index (χ1) is 15.0. The third-order valence-corrected chi connectivity index (χ3v) is 6.00. The van der Waals surface area contributed by atoms with E-state index in [9.17, 15) is 9.59 Å². The molecule has 3 rings (SSSR count). The standard InChI is InChI=1S/C23H28N4O3S/c1-5-26(6-2)19-10-7-17(8-11-19)22(29)25-23-27(13-14-30-4)20-12-9-18(24-16(3)28)15-21(20)31-23/h7-12,15H,5-6,13-14H2,1-4H3,(H,24,28). The number of carbonyl (C=O) groups is 2. The monoisotopic (exact) mass is 440 g/mol. The highest BCUT2D eigenvalue weighted by molar-refractivity contribution is 7.16. The van der Waals surface area contributed by atoms with Gasteiger partial charge in [0, 0.05) is 50.6 Å². The zero-order valence-electron chi connectivity index (χ0n) is 18.3. The number of rotatable bonds is 8. The maximum atomic E-state index is 12.9. The first kappa shape index (κ1) is 22.7. The topological polar surface area (TPSA) is 75.9 Å². The summed E-state index contributed by atoms with van der Waals surface area (Å²) < 4.78 is 8.15. The van der Waals surface area contributed by atoms with Crippen LogP contribution >= 0.6 is 11.3 Å². The van der Waals surface area contributed by atoms with Crippen LogP contribution in [0.25, 0.3) is 10.2 Å². The van der Waals surface area contributed by atoms with Gasteiger partial charge in [0.15, 0.2) is 4.80 Å². The van der Waals surface area contributed by atoms with Gasteiger partial charge in [-0.2, -0.15) is 4.99 Å². The molecule has 0 fully saturated rings. The normalized spacial score (nSPS) is 11.7. The highest BCUT2D eigenvalue weighted by atomic mass is 32.1. The van der Waals surface area contributed by atoms with Gasteiger partial charge < -0.3 is 19.5 Å². The third kappa shape index (κ3) is 5.39.